The van der Waals surface area contributed by atoms with E-state index in [-0.39, 0.29) is 6.42 Å². The first-order valence-electron chi connectivity index (χ1n) is 5.65. The predicted molar refractivity (Wildman–Crippen MR) is 66.2 cm³/mol. The number of carbonyl (C=O) groups is 1. The van der Waals surface area contributed by atoms with Gasteiger partial charge in [0, 0.05) is 6.54 Å². The second kappa shape index (κ2) is 4.20. The first-order valence-corrected chi connectivity index (χ1v) is 5.65. The second-order valence-electron chi connectivity index (χ2n) is 4.38. The molecule has 90 valence electrons. The molecular formula is C13H16N2O2. The van der Waals surface area contributed by atoms with Crippen LogP contribution in [-0.2, 0) is 11.3 Å². The minimum atomic E-state index is -0.782. The molecule has 1 heterocycles. The molecule has 0 atom stereocenters. The number of carboxylic acid groups (broad SMARTS) is 1. The van der Waals surface area contributed by atoms with Crippen molar-refractivity contribution in [1.82, 2.24) is 9.55 Å². The Kier molecular flexibility index (Phi) is 2.88. The van der Waals surface area contributed by atoms with Crippen molar-refractivity contribution < 1.29 is 9.90 Å². The van der Waals surface area contributed by atoms with Crippen LogP contribution in [0.4, 0.5) is 0 Å². The van der Waals surface area contributed by atoms with E-state index in [1.165, 1.54) is 11.1 Å². The van der Waals surface area contributed by atoms with Crippen molar-refractivity contribution in [2.75, 3.05) is 0 Å². The molecule has 0 aliphatic heterocycles. The molecule has 1 aromatic carbocycles. The molecule has 0 aliphatic carbocycles. The van der Waals surface area contributed by atoms with Gasteiger partial charge in [-0.15, -0.1) is 0 Å². The van der Waals surface area contributed by atoms with E-state index in [1.807, 2.05) is 11.5 Å². The zero-order valence-corrected chi connectivity index (χ0v) is 10.3. The van der Waals surface area contributed by atoms with E-state index in [0.29, 0.717) is 6.54 Å². The highest BCUT2D eigenvalue weighted by molar-refractivity contribution is 5.78. The molecular weight excluding hydrogens is 216 g/mol. The molecule has 0 saturated heterocycles. The molecule has 0 saturated carbocycles. The first kappa shape index (κ1) is 11.6. The van der Waals surface area contributed by atoms with E-state index >= 15 is 0 Å². The summed E-state index contributed by atoms with van der Waals surface area (Å²) < 4.78 is 1.97. The fourth-order valence-electron chi connectivity index (χ4n) is 1.99. The van der Waals surface area contributed by atoms with Crippen LogP contribution in [0.5, 0.6) is 0 Å². The highest BCUT2D eigenvalue weighted by Gasteiger charge is 2.09. The van der Waals surface area contributed by atoms with Crippen LogP contribution in [0.15, 0.2) is 12.1 Å². The number of aromatic nitrogens is 2. The maximum absolute atomic E-state index is 10.6. The highest BCUT2D eigenvalue weighted by atomic mass is 16.4. The standard InChI is InChI=1S/C13H16N2O2/c1-8-6-11-12(7-9(8)2)15(10(3)14-11)5-4-13(16)17/h6-7H,4-5H2,1-3H3,(H,16,17). The summed E-state index contributed by atoms with van der Waals surface area (Å²) in [5.74, 6) is 0.0846. The monoisotopic (exact) mass is 232 g/mol. The van der Waals surface area contributed by atoms with Crippen molar-refractivity contribution in [3.63, 3.8) is 0 Å². The average molecular weight is 232 g/mol. The summed E-state index contributed by atoms with van der Waals surface area (Å²) in [6, 6.07) is 4.13. The third kappa shape index (κ3) is 2.16. The molecule has 0 aliphatic rings. The lowest BCUT2D eigenvalue weighted by molar-refractivity contribution is -0.137. The zero-order valence-electron chi connectivity index (χ0n) is 10.3. The van der Waals surface area contributed by atoms with E-state index in [4.69, 9.17) is 5.11 Å². The van der Waals surface area contributed by atoms with Crippen LogP contribution < -0.4 is 0 Å². The lowest BCUT2D eigenvalue weighted by atomic mass is 10.1. The Labute approximate surface area is 99.9 Å². The summed E-state index contributed by atoms with van der Waals surface area (Å²) in [6.45, 7) is 6.49. The van der Waals surface area contributed by atoms with Gasteiger partial charge in [-0.1, -0.05) is 0 Å². The Hall–Kier alpha value is -1.84. The zero-order chi connectivity index (χ0) is 12.6. The minimum Gasteiger partial charge on any atom is -0.481 e. The largest absolute Gasteiger partial charge is 0.481 e. The van der Waals surface area contributed by atoms with Crippen molar-refractivity contribution in [2.24, 2.45) is 0 Å². The van der Waals surface area contributed by atoms with Gasteiger partial charge in [0.05, 0.1) is 17.5 Å². The predicted octanol–water partition coefficient (Wildman–Crippen LogP) is 2.44. The Bertz CT molecular complexity index is 585. The SMILES string of the molecule is Cc1cc2nc(C)n(CCC(=O)O)c2cc1C. The smallest absolute Gasteiger partial charge is 0.305 e. The fraction of sp³-hybridized carbons (Fsp3) is 0.385. The van der Waals surface area contributed by atoms with Crippen molar-refractivity contribution in [3.8, 4) is 0 Å². The molecule has 1 aromatic heterocycles. The molecule has 2 rings (SSSR count). The van der Waals surface area contributed by atoms with Gasteiger partial charge in [0.15, 0.2) is 0 Å². The number of benzene rings is 1. The van der Waals surface area contributed by atoms with Gasteiger partial charge in [0.25, 0.3) is 0 Å². The fourth-order valence-corrected chi connectivity index (χ4v) is 1.99. The molecule has 17 heavy (non-hydrogen) atoms. The van der Waals surface area contributed by atoms with Gasteiger partial charge in [-0.3, -0.25) is 4.79 Å². The van der Waals surface area contributed by atoms with Crippen LogP contribution in [0.2, 0.25) is 0 Å². The van der Waals surface area contributed by atoms with E-state index < -0.39 is 5.97 Å². The van der Waals surface area contributed by atoms with Crippen LogP contribution >= 0.6 is 0 Å². The number of carboxylic acids is 1. The van der Waals surface area contributed by atoms with Gasteiger partial charge < -0.3 is 9.67 Å². The highest BCUT2D eigenvalue weighted by Crippen LogP contribution is 2.20. The maximum Gasteiger partial charge on any atom is 0.305 e. The quantitative estimate of drug-likeness (QED) is 0.884. The Balaban J connectivity index is 2.50. The molecule has 0 amide bonds. The topological polar surface area (TPSA) is 55.1 Å². The van der Waals surface area contributed by atoms with Crippen LogP contribution in [0.25, 0.3) is 11.0 Å². The number of rotatable bonds is 3. The van der Waals surface area contributed by atoms with Crippen LogP contribution in [0.1, 0.15) is 23.4 Å². The third-order valence-electron chi connectivity index (χ3n) is 3.10. The molecule has 1 N–H and O–H groups in total. The van der Waals surface area contributed by atoms with E-state index in [2.05, 4.69) is 31.0 Å². The summed E-state index contributed by atoms with van der Waals surface area (Å²) in [7, 11) is 0. The average Bonchev–Trinajstić information content (AvgIpc) is 2.52. The minimum absolute atomic E-state index is 0.124. The molecule has 0 unspecified atom stereocenters. The summed E-state index contributed by atoms with van der Waals surface area (Å²) in [4.78, 5) is 15.1. The number of aryl methyl sites for hydroxylation is 4. The molecule has 4 heteroatoms. The van der Waals surface area contributed by atoms with E-state index in [0.717, 1.165) is 16.9 Å². The molecule has 0 bridgehead atoms. The number of nitrogens with zero attached hydrogens (tertiary/aromatic N) is 2. The van der Waals surface area contributed by atoms with Crippen LogP contribution in [-0.4, -0.2) is 20.6 Å². The van der Waals surface area contributed by atoms with Gasteiger partial charge in [0.2, 0.25) is 0 Å². The first-order chi connectivity index (χ1) is 7.99. The Morgan fingerprint density at radius 3 is 2.59 bits per heavy atom. The van der Waals surface area contributed by atoms with E-state index in [1.54, 1.807) is 0 Å². The second-order valence-corrected chi connectivity index (χ2v) is 4.38. The van der Waals surface area contributed by atoms with Crippen LogP contribution in [0, 0.1) is 20.8 Å². The molecule has 2 aromatic rings. The van der Waals surface area contributed by atoms with E-state index in [9.17, 15) is 4.79 Å². The van der Waals surface area contributed by atoms with Gasteiger partial charge in [-0.2, -0.15) is 0 Å². The lowest BCUT2D eigenvalue weighted by Crippen LogP contribution is -2.06. The summed E-state index contributed by atoms with van der Waals surface area (Å²) >= 11 is 0. The van der Waals surface area contributed by atoms with Gasteiger partial charge in [-0.25, -0.2) is 4.98 Å². The molecule has 0 spiro atoms. The molecule has 0 radical (unpaired) electrons. The van der Waals surface area contributed by atoms with Crippen LogP contribution in [0.3, 0.4) is 0 Å². The number of imidazole rings is 1. The van der Waals surface area contributed by atoms with Crippen molar-refractivity contribution in [2.45, 2.75) is 33.7 Å². The summed E-state index contributed by atoms with van der Waals surface area (Å²) in [5.41, 5.74) is 4.37. The summed E-state index contributed by atoms with van der Waals surface area (Å²) in [5, 5.41) is 8.74. The van der Waals surface area contributed by atoms with Gasteiger partial charge >= 0.3 is 5.97 Å². The van der Waals surface area contributed by atoms with Crippen molar-refractivity contribution in [1.29, 1.82) is 0 Å². The van der Waals surface area contributed by atoms with Gasteiger partial charge in [0.1, 0.15) is 5.82 Å². The molecule has 4 nitrogen and oxygen atoms in total. The van der Waals surface area contributed by atoms with Crippen molar-refractivity contribution in [3.05, 3.63) is 29.1 Å². The number of hydrogen-bond acceptors (Lipinski definition) is 2. The number of aliphatic carboxylic acids is 1. The number of hydrogen-bond donors (Lipinski definition) is 1. The van der Waals surface area contributed by atoms with Gasteiger partial charge in [-0.05, 0) is 44.0 Å². The summed E-state index contributed by atoms with van der Waals surface area (Å²) in [6.07, 6.45) is 0.124. The van der Waals surface area contributed by atoms with Crippen molar-refractivity contribution >= 4 is 17.0 Å². The third-order valence-corrected chi connectivity index (χ3v) is 3.10. The lowest BCUT2D eigenvalue weighted by Gasteiger charge is -2.06. The number of fused-ring (bicyclic) bond motifs is 1. The Morgan fingerprint density at radius 2 is 1.94 bits per heavy atom. The normalized spacial score (nSPS) is 11.0. The Morgan fingerprint density at radius 1 is 1.29 bits per heavy atom. The maximum atomic E-state index is 10.6. The molecule has 0 fully saturated rings.